The van der Waals surface area contributed by atoms with E-state index in [0.717, 1.165) is 22.6 Å². The summed E-state index contributed by atoms with van der Waals surface area (Å²) in [4.78, 5) is 0. The first-order chi connectivity index (χ1) is 8.65. The maximum atomic E-state index is 5.46. The van der Waals surface area contributed by atoms with Crippen LogP contribution in [0.4, 0.5) is 0 Å². The number of methoxy groups -OCH3 is 3. The smallest absolute Gasteiger partial charge is 0.133 e. The zero-order chi connectivity index (χ0) is 13.5. The lowest BCUT2D eigenvalue weighted by atomic mass is 10.3. The second-order valence-corrected chi connectivity index (χ2v) is 6.02. The molecule has 0 aliphatic carbocycles. The molecule has 18 heavy (non-hydrogen) atoms. The fourth-order valence-electron chi connectivity index (χ4n) is 1.90. The molecule has 0 saturated carbocycles. The predicted molar refractivity (Wildman–Crippen MR) is 78.4 cm³/mol. The molecule has 2 atom stereocenters. The van der Waals surface area contributed by atoms with Gasteiger partial charge in [-0.2, -0.15) is 0 Å². The first kappa shape index (κ1) is 15.1. The highest BCUT2D eigenvalue weighted by molar-refractivity contribution is 7.48. The Labute approximate surface area is 112 Å². The van der Waals surface area contributed by atoms with E-state index >= 15 is 0 Å². The van der Waals surface area contributed by atoms with E-state index in [0.29, 0.717) is 14.2 Å². The number of benzene rings is 1. The zero-order valence-electron chi connectivity index (χ0n) is 11.9. The molecule has 4 heteroatoms. The summed E-state index contributed by atoms with van der Waals surface area (Å²) in [6.45, 7) is 4.48. The molecule has 0 bridgehead atoms. The van der Waals surface area contributed by atoms with Crippen LogP contribution in [0.1, 0.15) is 26.7 Å². The molecule has 1 aromatic rings. The summed E-state index contributed by atoms with van der Waals surface area (Å²) in [6.07, 6.45) is 2.42. The van der Waals surface area contributed by atoms with Crippen molar-refractivity contribution in [2.45, 2.75) is 32.3 Å². The molecular formula is C14H23O3P. The van der Waals surface area contributed by atoms with E-state index in [4.69, 9.17) is 14.2 Å². The molecule has 0 N–H and O–H groups in total. The lowest BCUT2D eigenvalue weighted by molar-refractivity contribution is 0.380. The van der Waals surface area contributed by atoms with Gasteiger partial charge >= 0.3 is 0 Å². The summed E-state index contributed by atoms with van der Waals surface area (Å²) in [5, 5.41) is 1.15. The fourth-order valence-corrected chi connectivity index (χ4v) is 3.46. The second kappa shape index (κ2) is 7.48. The Morgan fingerprint density at radius 1 is 1.06 bits per heavy atom. The van der Waals surface area contributed by atoms with Crippen LogP contribution in [0, 0.1) is 0 Å². The van der Waals surface area contributed by atoms with Crippen LogP contribution < -0.4 is 19.5 Å². The molecule has 2 unspecified atom stereocenters. The monoisotopic (exact) mass is 270 g/mol. The molecule has 0 amide bonds. The largest absolute Gasteiger partial charge is 0.496 e. The van der Waals surface area contributed by atoms with Crippen molar-refractivity contribution in [2.24, 2.45) is 0 Å². The molecule has 0 aliphatic heterocycles. The summed E-state index contributed by atoms with van der Waals surface area (Å²) in [7, 11) is 5.71. The van der Waals surface area contributed by atoms with E-state index in [-0.39, 0.29) is 0 Å². The van der Waals surface area contributed by atoms with Crippen LogP contribution in [0.3, 0.4) is 0 Å². The molecular weight excluding hydrogens is 247 g/mol. The van der Waals surface area contributed by atoms with Gasteiger partial charge in [0, 0.05) is 12.1 Å². The third-order valence-corrected chi connectivity index (χ3v) is 4.39. The van der Waals surface area contributed by atoms with Crippen molar-refractivity contribution >= 4 is 13.9 Å². The molecule has 0 spiro atoms. The highest BCUT2D eigenvalue weighted by Gasteiger charge is 2.15. The van der Waals surface area contributed by atoms with E-state index in [1.54, 1.807) is 21.3 Å². The lowest BCUT2D eigenvalue weighted by Crippen LogP contribution is -2.10. The van der Waals surface area contributed by atoms with E-state index in [1.165, 1.54) is 12.8 Å². The van der Waals surface area contributed by atoms with Gasteiger partial charge in [-0.1, -0.05) is 28.8 Å². The highest BCUT2D eigenvalue weighted by atomic mass is 31.1. The second-order valence-electron chi connectivity index (χ2n) is 4.24. The van der Waals surface area contributed by atoms with Gasteiger partial charge in [0.2, 0.25) is 0 Å². The predicted octanol–water partition coefficient (Wildman–Crippen LogP) is 3.20. The average Bonchev–Trinajstić information content (AvgIpc) is 2.39. The molecule has 0 heterocycles. The van der Waals surface area contributed by atoms with Crippen molar-refractivity contribution in [3.8, 4) is 17.2 Å². The molecule has 0 aromatic heterocycles. The molecule has 0 aliphatic rings. The van der Waals surface area contributed by atoms with E-state index in [1.807, 2.05) is 12.1 Å². The number of ether oxygens (including phenoxy) is 3. The summed E-state index contributed by atoms with van der Waals surface area (Å²) >= 11 is 0. The van der Waals surface area contributed by atoms with E-state index < -0.39 is 0 Å². The first-order valence-electron chi connectivity index (χ1n) is 6.22. The van der Waals surface area contributed by atoms with Crippen molar-refractivity contribution in [1.82, 2.24) is 0 Å². The minimum atomic E-state index is 0.645. The van der Waals surface area contributed by atoms with Gasteiger partial charge in [-0.25, -0.2) is 0 Å². The van der Waals surface area contributed by atoms with Crippen molar-refractivity contribution in [3.63, 3.8) is 0 Å². The van der Waals surface area contributed by atoms with Crippen LogP contribution >= 0.6 is 8.58 Å². The zero-order valence-corrected chi connectivity index (χ0v) is 12.9. The standard InChI is InChI=1S/C14H23O3P/c1-6-7-10(2)18-14-12(16-4)8-11(15-3)9-13(14)17-5/h8-10,18H,6-7H2,1-5H3. The van der Waals surface area contributed by atoms with Gasteiger partial charge < -0.3 is 14.2 Å². The molecule has 102 valence electrons. The van der Waals surface area contributed by atoms with Crippen LogP contribution in [0.2, 0.25) is 0 Å². The van der Waals surface area contributed by atoms with Crippen molar-refractivity contribution < 1.29 is 14.2 Å². The van der Waals surface area contributed by atoms with Gasteiger partial charge in [0.1, 0.15) is 17.2 Å². The Balaban J connectivity index is 3.06. The van der Waals surface area contributed by atoms with E-state index in [9.17, 15) is 0 Å². The Morgan fingerprint density at radius 2 is 1.61 bits per heavy atom. The van der Waals surface area contributed by atoms with Crippen LogP contribution in [0.15, 0.2) is 12.1 Å². The fraction of sp³-hybridized carbons (Fsp3) is 0.571. The minimum absolute atomic E-state index is 0.645. The molecule has 1 rings (SSSR count). The third-order valence-electron chi connectivity index (χ3n) is 2.83. The van der Waals surface area contributed by atoms with Gasteiger partial charge in [0.15, 0.2) is 0 Å². The Kier molecular flexibility index (Phi) is 6.28. The third kappa shape index (κ3) is 3.78. The molecule has 0 fully saturated rings. The van der Waals surface area contributed by atoms with E-state index in [2.05, 4.69) is 13.8 Å². The quantitative estimate of drug-likeness (QED) is 0.712. The van der Waals surface area contributed by atoms with Gasteiger partial charge in [0.05, 0.1) is 26.6 Å². The summed E-state index contributed by atoms with van der Waals surface area (Å²) in [5.41, 5.74) is 0.645. The SMILES string of the molecule is CCCC(C)Pc1c(OC)cc(OC)cc1OC. The maximum Gasteiger partial charge on any atom is 0.133 e. The summed E-state index contributed by atoms with van der Waals surface area (Å²) < 4.78 is 16.2. The molecule has 0 saturated heterocycles. The topological polar surface area (TPSA) is 27.7 Å². The van der Waals surface area contributed by atoms with Gasteiger partial charge in [-0.15, -0.1) is 0 Å². The number of rotatable bonds is 7. The van der Waals surface area contributed by atoms with Gasteiger partial charge in [-0.05, 0) is 12.1 Å². The van der Waals surface area contributed by atoms with Crippen molar-refractivity contribution in [2.75, 3.05) is 21.3 Å². The Bertz CT molecular complexity index is 354. The van der Waals surface area contributed by atoms with Gasteiger partial charge in [0.25, 0.3) is 0 Å². The van der Waals surface area contributed by atoms with Crippen LogP contribution in [-0.4, -0.2) is 27.0 Å². The Morgan fingerprint density at radius 3 is 2.00 bits per heavy atom. The minimum Gasteiger partial charge on any atom is -0.496 e. The lowest BCUT2D eigenvalue weighted by Gasteiger charge is -2.18. The van der Waals surface area contributed by atoms with Gasteiger partial charge in [-0.3, -0.25) is 0 Å². The summed E-state index contributed by atoms with van der Waals surface area (Å²) in [6, 6.07) is 3.84. The maximum absolute atomic E-state index is 5.46. The first-order valence-corrected chi connectivity index (χ1v) is 7.30. The Hall–Kier alpha value is -0.950. The number of hydrogen-bond donors (Lipinski definition) is 0. The van der Waals surface area contributed by atoms with Crippen LogP contribution in [-0.2, 0) is 0 Å². The molecule has 0 radical (unpaired) electrons. The normalized spacial score (nSPS) is 12.7. The number of hydrogen-bond acceptors (Lipinski definition) is 3. The van der Waals surface area contributed by atoms with Crippen molar-refractivity contribution in [1.29, 1.82) is 0 Å². The van der Waals surface area contributed by atoms with Crippen molar-refractivity contribution in [3.05, 3.63) is 12.1 Å². The average molecular weight is 270 g/mol. The van der Waals surface area contributed by atoms with Crippen LogP contribution in [0.5, 0.6) is 17.2 Å². The molecule has 1 aromatic carbocycles. The highest BCUT2D eigenvalue weighted by Crippen LogP contribution is 2.35. The molecule has 3 nitrogen and oxygen atoms in total. The summed E-state index contributed by atoms with van der Waals surface area (Å²) in [5.74, 6) is 2.47. The van der Waals surface area contributed by atoms with Crippen LogP contribution in [0.25, 0.3) is 0 Å².